The second kappa shape index (κ2) is 12.3. The average molecular weight is 729 g/mol. The third kappa shape index (κ3) is 5.74. The van der Waals surface area contributed by atoms with Gasteiger partial charge in [0.05, 0.1) is 22.4 Å². The number of halogens is 8. The predicted molar refractivity (Wildman–Crippen MR) is 172 cm³/mol. The Bertz CT molecular complexity index is 2150. The first-order chi connectivity index (χ1) is 24.8. The van der Waals surface area contributed by atoms with Gasteiger partial charge in [-0.15, -0.1) is 11.3 Å². The summed E-state index contributed by atoms with van der Waals surface area (Å²) in [6.07, 6.45) is -6.87. The maximum Gasteiger partial charge on any atom is 0.417 e. The SMILES string of the molecule is [2H]C([2H])([2H])N1CC[C@H](C(F)F)[C@](C)(COc2nc(N3C[C@H]4CC[C@@H](C3)N4)c3cc(C(F)(F)F)c(-c4c(F)cc(F)c5sc(N)c(C#N)c45)c(F)c3n2)C1. The van der Waals surface area contributed by atoms with Gasteiger partial charge in [-0.25, -0.2) is 22.0 Å². The predicted octanol–water partition coefficient (Wildman–Crippen LogP) is 6.94. The lowest BCUT2D eigenvalue weighted by molar-refractivity contribution is -0.137. The molecule has 266 valence electrons. The van der Waals surface area contributed by atoms with Crippen LogP contribution in [0.1, 0.15) is 41.4 Å². The molecule has 4 atom stereocenters. The number of hydrogen-bond donors (Lipinski definition) is 2. The summed E-state index contributed by atoms with van der Waals surface area (Å²) in [4.78, 5) is 11.2. The summed E-state index contributed by atoms with van der Waals surface area (Å²) >= 11 is 0.483. The normalized spacial score (nSPS) is 25.6. The number of benzene rings is 2. The fourth-order valence-electron chi connectivity index (χ4n) is 7.60. The van der Waals surface area contributed by atoms with Crippen LogP contribution in [-0.2, 0) is 6.18 Å². The summed E-state index contributed by atoms with van der Waals surface area (Å²) in [5.41, 5.74) is -0.996. The van der Waals surface area contributed by atoms with Crippen LogP contribution in [-0.4, -0.2) is 73.1 Å². The molecule has 3 aliphatic rings. The van der Waals surface area contributed by atoms with Crippen LogP contribution < -0.4 is 20.7 Å². The number of nitrogens with zero attached hydrogens (tertiary/aromatic N) is 5. The fourth-order valence-corrected chi connectivity index (χ4v) is 8.53. The monoisotopic (exact) mass is 728 g/mol. The van der Waals surface area contributed by atoms with Crippen LogP contribution in [0.25, 0.3) is 32.1 Å². The second-order valence-corrected chi connectivity index (χ2v) is 14.4. The highest BCUT2D eigenvalue weighted by molar-refractivity contribution is 7.23. The smallest absolute Gasteiger partial charge is 0.417 e. The molecule has 0 spiro atoms. The first-order valence-corrected chi connectivity index (χ1v) is 16.5. The fraction of sp³-hybridized carbons (Fsp3) is 0.485. The number of ether oxygens (including phenoxy) is 1. The first-order valence-electron chi connectivity index (χ1n) is 17.2. The molecular weight excluding hydrogens is 694 g/mol. The summed E-state index contributed by atoms with van der Waals surface area (Å²) in [6.45, 7) is -1.73. The van der Waals surface area contributed by atoms with Gasteiger partial charge >= 0.3 is 12.2 Å². The number of thiophene rings is 1. The van der Waals surface area contributed by atoms with Gasteiger partial charge in [-0.05, 0) is 38.8 Å². The Balaban J connectivity index is 1.45. The Hall–Kier alpha value is -4.01. The third-order valence-electron chi connectivity index (χ3n) is 9.96. The number of nitrogens with two attached hydrogens (primary N) is 1. The Morgan fingerprint density at radius 3 is 2.50 bits per heavy atom. The van der Waals surface area contributed by atoms with E-state index in [1.807, 2.05) is 0 Å². The van der Waals surface area contributed by atoms with Crippen molar-refractivity contribution < 1.29 is 44.0 Å². The van der Waals surface area contributed by atoms with Crippen molar-refractivity contribution in [3.8, 4) is 23.2 Å². The summed E-state index contributed by atoms with van der Waals surface area (Å²) in [5.74, 6) is -5.99. The molecule has 2 aromatic heterocycles. The van der Waals surface area contributed by atoms with Gasteiger partial charge in [0.1, 0.15) is 34.0 Å². The van der Waals surface area contributed by atoms with Crippen LogP contribution >= 0.6 is 11.3 Å². The quantitative estimate of drug-likeness (QED) is 0.206. The molecule has 0 radical (unpaired) electrons. The number of fused-ring (bicyclic) bond motifs is 4. The Morgan fingerprint density at radius 1 is 1.14 bits per heavy atom. The molecule has 3 fully saturated rings. The van der Waals surface area contributed by atoms with Crippen molar-refractivity contribution in [1.82, 2.24) is 20.2 Å². The van der Waals surface area contributed by atoms with Crippen LogP contribution in [0.3, 0.4) is 0 Å². The molecule has 0 unspecified atom stereocenters. The molecule has 5 heterocycles. The van der Waals surface area contributed by atoms with E-state index in [-0.39, 0.29) is 61.6 Å². The Morgan fingerprint density at radius 2 is 1.86 bits per heavy atom. The van der Waals surface area contributed by atoms with Crippen molar-refractivity contribution in [2.45, 2.75) is 50.9 Å². The number of piperazine rings is 1. The molecular formula is C33H31F8N7OS. The minimum absolute atomic E-state index is 0.0804. The lowest BCUT2D eigenvalue weighted by atomic mass is 9.73. The van der Waals surface area contributed by atoms with Gasteiger partial charge in [-0.3, -0.25) is 0 Å². The number of alkyl halides is 5. The van der Waals surface area contributed by atoms with Crippen LogP contribution in [0, 0.1) is 40.1 Å². The average Bonchev–Trinajstić information content (AvgIpc) is 3.59. The van der Waals surface area contributed by atoms with E-state index in [4.69, 9.17) is 14.6 Å². The van der Waals surface area contributed by atoms with E-state index in [0.29, 0.717) is 17.4 Å². The number of rotatable bonds is 6. The van der Waals surface area contributed by atoms with Crippen molar-refractivity contribution in [1.29, 1.82) is 5.26 Å². The van der Waals surface area contributed by atoms with Crippen LogP contribution in [0.5, 0.6) is 6.01 Å². The molecule has 3 saturated heterocycles. The number of nitrogen functional groups attached to an aromatic ring is 1. The molecule has 7 rings (SSSR count). The second-order valence-electron chi connectivity index (χ2n) is 13.3. The first kappa shape index (κ1) is 30.8. The zero-order chi connectivity index (χ0) is 38.4. The lowest BCUT2D eigenvalue weighted by Gasteiger charge is -2.44. The van der Waals surface area contributed by atoms with E-state index < -0.39 is 104 Å². The van der Waals surface area contributed by atoms with Crippen LogP contribution in [0.2, 0.25) is 0 Å². The Labute approximate surface area is 289 Å². The van der Waals surface area contributed by atoms with Gasteiger partial charge < -0.3 is 25.6 Å². The van der Waals surface area contributed by atoms with Gasteiger partial charge in [0, 0.05) is 75.1 Å². The van der Waals surface area contributed by atoms with Crippen molar-refractivity contribution in [2.75, 3.05) is 50.4 Å². The number of nitriles is 1. The number of piperidine rings is 1. The van der Waals surface area contributed by atoms with Gasteiger partial charge in [0.2, 0.25) is 6.43 Å². The van der Waals surface area contributed by atoms with E-state index in [0.717, 1.165) is 17.7 Å². The largest absolute Gasteiger partial charge is 0.463 e. The zero-order valence-electron chi connectivity index (χ0n) is 29.3. The molecule has 4 aromatic rings. The topological polar surface area (TPSA) is 103 Å². The molecule has 50 heavy (non-hydrogen) atoms. The van der Waals surface area contributed by atoms with Crippen molar-refractivity contribution >= 4 is 43.1 Å². The Kier molecular flexibility index (Phi) is 7.60. The number of anilines is 2. The minimum atomic E-state index is -5.32. The van der Waals surface area contributed by atoms with E-state index in [2.05, 4.69) is 15.3 Å². The standard InChI is InChI=1S/C33H31F8N7OS/c1-32(12-47(2)6-5-18(32)28(37)38)13-49-31-45-26-16(30(46-31)48-10-14-3-4-15(11-48)44-14)7-19(33(39,40)41)23(25(26)36)24-20(34)8-21(35)27-22(24)17(9-42)29(43)50-27/h7-8,14-15,18,28,44H,3-6,10-13,43H2,1-2H3/t14-,15+,18-,32+/m1/s1/i2D3. The van der Waals surface area contributed by atoms with Crippen LogP contribution in [0.15, 0.2) is 12.1 Å². The number of likely N-dealkylation sites (tertiary alicyclic amines) is 1. The molecule has 3 N–H and O–H groups in total. The maximum atomic E-state index is 17.1. The zero-order valence-corrected chi connectivity index (χ0v) is 27.1. The van der Waals surface area contributed by atoms with Crippen molar-refractivity contribution in [3.05, 3.63) is 40.7 Å². The van der Waals surface area contributed by atoms with Gasteiger partial charge in [-0.2, -0.15) is 28.4 Å². The maximum absolute atomic E-state index is 17.1. The molecule has 2 aromatic carbocycles. The summed E-state index contributed by atoms with van der Waals surface area (Å²) in [5, 5.41) is 11.8. The summed E-state index contributed by atoms with van der Waals surface area (Å²) in [6, 6.07) is 1.73. The highest BCUT2D eigenvalue weighted by atomic mass is 32.1. The van der Waals surface area contributed by atoms with Crippen LogP contribution in [0.4, 0.5) is 45.9 Å². The van der Waals surface area contributed by atoms with E-state index in [1.54, 1.807) is 11.0 Å². The molecule has 3 aliphatic heterocycles. The van der Waals surface area contributed by atoms with Gasteiger partial charge in [-0.1, -0.05) is 6.92 Å². The van der Waals surface area contributed by atoms with Gasteiger partial charge in [0.25, 0.3) is 0 Å². The summed E-state index contributed by atoms with van der Waals surface area (Å²) < 4.78 is 150. The number of aromatic nitrogens is 2. The van der Waals surface area contributed by atoms with E-state index in [1.165, 1.54) is 6.92 Å². The molecule has 2 bridgehead atoms. The molecule has 17 heteroatoms. The molecule has 0 aliphatic carbocycles. The van der Waals surface area contributed by atoms with E-state index >= 15 is 8.78 Å². The third-order valence-corrected chi connectivity index (χ3v) is 11.0. The van der Waals surface area contributed by atoms with Crippen molar-refractivity contribution in [2.24, 2.45) is 11.3 Å². The highest BCUT2D eigenvalue weighted by Crippen LogP contribution is 2.49. The number of nitrogens with one attached hydrogen (secondary N) is 1. The van der Waals surface area contributed by atoms with Crippen molar-refractivity contribution in [3.63, 3.8) is 0 Å². The molecule has 8 nitrogen and oxygen atoms in total. The molecule has 0 amide bonds. The summed E-state index contributed by atoms with van der Waals surface area (Å²) in [7, 11) is 0. The number of hydrogen-bond acceptors (Lipinski definition) is 9. The lowest BCUT2D eigenvalue weighted by Crippen LogP contribution is -2.51. The van der Waals surface area contributed by atoms with Gasteiger partial charge in [0.15, 0.2) is 5.82 Å². The van der Waals surface area contributed by atoms with E-state index in [9.17, 15) is 31.6 Å². The highest BCUT2D eigenvalue weighted by Gasteiger charge is 2.45. The minimum Gasteiger partial charge on any atom is -0.463 e. The molecule has 0 saturated carbocycles.